The van der Waals surface area contributed by atoms with E-state index in [0.29, 0.717) is 6.54 Å². The first-order chi connectivity index (χ1) is 11.7. The zero-order chi connectivity index (χ0) is 18.4. The number of hydrogen-bond acceptors (Lipinski definition) is 5. The van der Waals surface area contributed by atoms with Crippen LogP contribution in [0.25, 0.3) is 0 Å². The maximum atomic E-state index is 12.2. The number of amides is 2. The molecule has 2 amide bonds. The van der Waals surface area contributed by atoms with Gasteiger partial charge in [-0.1, -0.05) is 0 Å². The first kappa shape index (κ1) is 20.0. The van der Waals surface area contributed by atoms with Crippen molar-refractivity contribution in [3.63, 3.8) is 0 Å². The second-order valence-electron chi connectivity index (χ2n) is 8.34. The van der Waals surface area contributed by atoms with E-state index in [1.807, 2.05) is 20.8 Å². The van der Waals surface area contributed by atoms with E-state index in [4.69, 9.17) is 4.74 Å². The lowest BCUT2D eigenvalue weighted by molar-refractivity contribution is -0.123. The second kappa shape index (κ2) is 8.85. The summed E-state index contributed by atoms with van der Waals surface area (Å²) >= 11 is 0. The molecular formula is C18H34N4O3. The number of nitrogens with one attached hydrogen (secondary N) is 2. The van der Waals surface area contributed by atoms with Gasteiger partial charge in [-0.05, 0) is 53.5 Å². The number of alkyl carbamates (subject to hydrolysis) is 1. The molecule has 1 saturated heterocycles. The van der Waals surface area contributed by atoms with E-state index in [0.717, 1.165) is 51.9 Å². The Morgan fingerprint density at radius 2 is 1.48 bits per heavy atom. The summed E-state index contributed by atoms with van der Waals surface area (Å²) in [5, 5.41) is 6.08. The Hall–Kier alpha value is -1.34. The van der Waals surface area contributed by atoms with Crippen molar-refractivity contribution in [2.45, 2.75) is 64.1 Å². The first-order valence-corrected chi connectivity index (χ1v) is 9.41. The fourth-order valence-corrected chi connectivity index (χ4v) is 3.34. The molecule has 2 fully saturated rings. The topological polar surface area (TPSA) is 73.9 Å². The van der Waals surface area contributed by atoms with Crippen LogP contribution in [-0.2, 0) is 9.53 Å². The maximum absolute atomic E-state index is 12.2. The van der Waals surface area contributed by atoms with Crippen LogP contribution in [-0.4, -0.2) is 79.3 Å². The van der Waals surface area contributed by atoms with E-state index in [1.165, 1.54) is 0 Å². The van der Waals surface area contributed by atoms with Gasteiger partial charge < -0.3 is 20.3 Å². The maximum Gasteiger partial charge on any atom is 0.407 e. The predicted molar refractivity (Wildman–Crippen MR) is 97.5 cm³/mol. The number of ether oxygens (including phenoxy) is 1. The lowest BCUT2D eigenvalue weighted by Gasteiger charge is -2.33. The van der Waals surface area contributed by atoms with Gasteiger partial charge in [-0.2, -0.15) is 0 Å². The van der Waals surface area contributed by atoms with Gasteiger partial charge in [0, 0.05) is 38.3 Å². The summed E-state index contributed by atoms with van der Waals surface area (Å²) in [4.78, 5) is 28.5. The van der Waals surface area contributed by atoms with Crippen molar-refractivity contribution in [1.29, 1.82) is 0 Å². The molecule has 2 aliphatic rings. The van der Waals surface area contributed by atoms with Gasteiger partial charge in [0.05, 0.1) is 6.54 Å². The molecule has 0 radical (unpaired) electrons. The van der Waals surface area contributed by atoms with Gasteiger partial charge in [-0.25, -0.2) is 4.79 Å². The van der Waals surface area contributed by atoms with Gasteiger partial charge in [0.1, 0.15) is 5.60 Å². The molecular weight excluding hydrogens is 320 g/mol. The Kier molecular flexibility index (Phi) is 7.07. The van der Waals surface area contributed by atoms with E-state index in [2.05, 4.69) is 27.5 Å². The quantitative estimate of drug-likeness (QED) is 0.793. The molecule has 7 nitrogen and oxygen atoms in total. The van der Waals surface area contributed by atoms with E-state index in [9.17, 15) is 9.59 Å². The average molecular weight is 354 g/mol. The molecule has 2 rings (SSSR count). The van der Waals surface area contributed by atoms with E-state index in [1.54, 1.807) is 0 Å². The van der Waals surface area contributed by atoms with Gasteiger partial charge in [0.15, 0.2) is 0 Å². The van der Waals surface area contributed by atoms with Crippen LogP contribution in [0, 0.1) is 0 Å². The molecule has 1 aliphatic carbocycles. The lowest BCUT2D eigenvalue weighted by atomic mass is 9.91. The van der Waals surface area contributed by atoms with Crippen LogP contribution in [0.4, 0.5) is 4.79 Å². The van der Waals surface area contributed by atoms with Crippen LogP contribution < -0.4 is 10.6 Å². The minimum absolute atomic E-state index is 0.119. The van der Waals surface area contributed by atoms with Gasteiger partial charge in [-0.3, -0.25) is 9.69 Å². The molecule has 2 N–H and O–H groups in total. The van der Waals surface area contributed by atoms with Crippen molar-refractivity contribution in [3.8, 4) is 0 Å². The summed E-state index contributed by atoms with van der Waals surface area (Å²) in [5.41, 5.74) is -0.474. The lowest BCUT2D eigenvalue weighted by Crippen LogP contribution is -2.50. The minimum atomic E-state index is -0.474. The number of rotatable bonds is 4. The van der Waals surface area contributed by atoms with Crippen molar-refractivity contribution >= 4 is 12.0 Å². The summed E-state index contributed by atoms with van der Waals surface area (Å²) in [6.45, 7) is 10.0. The van der Waals surface area contributed by atoms with Crippen molar-refractivity contribution in [2.24, 2.45) is 0 Å². The van der Waals surface area contributed by atoms with E-state index >= 15 is 0 Å². The highest BCUT2D eigenvalue weighted by atomic mass is 16.6. The third-order valence-electron chi connectivity index (χ3n) is 4.78. The fourth-order valence-electron chi connectivity index (χ4n) is 3.34. The van der Waals surface area contributed by atoms with Crippen molar-refractivity contribution in [1.82, 2.24) is 20.4 Å². The van der Waals surface area contributed by atoms with Crippen molar-refractivity contribution in [2.75, 3.05) is 39.8 Å². The number of likely N-dealkylation sites (N-methyl/N-ethyl adjacent to an activating group) is 1. The SMILES string of the molecule is CN1CCN(CC(=O)NC2CCC(NC(=O)OC(C)(C)C)CC2)CC1. The molecule has 144 valence electrons. The van der Waals surface area contributed by atoms with Crippen LogP contribution in [0.5, 0.6) is 0 Å². The third kappa shape index (κ3) is 7.61. The highest BCUT2D eigenvalue weighted by Crippen LogP contribution is 2.19. The number of hydrogen-bond donors (Lipinski definition) is 2. The Balaban J connectivity index is 1.63. The molecule has 1 saturated carbocycles. The third-order valence-corrected chi connectivity index (χ3v) is 4.78. The van der Waals surface area contributed by atoms with Gasteiger partial charge in [0.25, 0.3) is 0 Å². The molecule has 1 aliphatic heterocycles. The van der Waals surface area contributed by atoms with Crippen molar-refractivity contribution in [3.05, 3.63) is 0 Å². The Bertz CT molecular complexity index is 448. The molecule has 0 aromatic carbocycles. The summed E-state index contributed by atoms with van der Waals surface area (Å²) in [6.07, 6.45) is 3.19. The molecule has 25 heavy (non-hydrogen) atoms. The van der Waals surface area contributed by atoms with Crippen LogP contribution in [0.1, 0.15) is 46.5 Å². The number of carbonyl (C=O) groups excluding carboxylic acids is 2. The Morgan fingerprint density at radius 3 is 2.00 bits per heavy atom. The minimum Gasteiger partial charge on any atom is -0.444 e. The largest absolute Gasteiger partial charge is 0.444 e. The summed E-state index contributed by atoms with van der Waals surface area (Å²) < 4.78 is 5.30. The van der Waals surface area contributed by atoms with Gasteiger partial charge in [0.2, 0.25) is 5.91 Å². The van der Waals surface area contributed by atoms with Gasteiger partial charge in [-0.15, -0.1) is 0 Å². The normalized spacial score (nSPS) is 26.1. The van der Waals surface area contributed by atoms with E-state index in [-0.39, 0.29) is 24.1 Å². The van der Waals surface area contributed by atoms with Gasteiger partial charge >= 0.3 is 6.09 Å². The summed E-state index contributed by atoms with van der Waals surface area (Å²) in [6, 6.07) is 0.359. The van der Waals surface area contributed by atoms with Crippen LogP contribution in [0.2, 0.25) is 0 Å². The zero-order valence-electron chi connectivity index (χ0n) is 16.1. The van der Waals surface area contributed by atoms with Crippen LogP contribution in [0.3, 0.4) is 0 Å². The number of carbonyl (C=O) groups is 2. The van der Waals surface area contributed by atoms with Crippen LogP contribution >= 0.6 is 0 Å². The molecule has 7 heteroatoms. The average Bonchev–Trinajstić information content (AvgIpc) is 2.49. The number of nitrogens with zero attached hydrogens (tertiary/aromatic N) is 2. The Morgan fingerprint density at radius 1 is 0.960 bits per heavy atom. The highest BCUT2D eigenvalue weighted by Gasteiger charge is 2.26. The molecule has 1 heterocycles. The van der Waals surface area contributed by atoms with E-state index < -0.39 is 5.60 Å². The van der Waals surface area contributed by atoms with Crippen molar-refractivity contribution < 1.29 is 14.3 Å². The summed E-state index contributed by atoms with van der Waals surface area (Å²) in [5.74, 6) is 0.119. The highest BCUT2D eigenvalue weighted by molar-refractivity contribution is 5.78. The molecule has 0 unspecified atom stereocenters. The zero-order valence-corrected chi connectivity index (χ0v) is 16.1. The monoisotopic (exact) mass is 354 g/mol. The summed E-state index contributed by atoms with van der Waals surface area (Å²) in [7, 11) is 2.11. The molecule has 0 bridgehead atoms. The Labute approximate surface area is 151 Å². The molecule has 0 spiro atoms. The molecule has 0 aromatic rings. The first-order valence-electron chi connectivity index (χ1n) is 9.41. The molecule has 0 aromatic heterocycles. The smallest absolute Gasteiger partial charge is 0.407 e. The standard InChI is InChI=1S/C18H34N4O3/c1-18(2,3)25-17(24)20-15-7-5-14(6-8-15)19-16(23)13-22-11-9-21(4)10-12-22/h14-15H,5-13H2,1-4H3,(H,19,23)(H,20,24). The van der Waals surface area contributed by atoms with Crippen LogP contribution in [0.15, 0.2) is 0 Å². The molecule has 0 atom stereocenters. The predicted octanol–water partition coefficient (Wildman–Crippen LogP) is 1.19. The number of piperazine rings is 1. The fraction of sp³-hybridized carbons (Fsp3) is 0.889. The second-order valence-corrected chi connectivity index (χ2v) is 8.34.